The maximum Gasteiger partial charge on any atom is 0.0582 e. The Bertz CT molecular complexity index is 587. The van der Waals surface area contributed by atoms with Crippen LogP contribution >= 0.6 is 0 Å². The van der Waals surface area contributed by atoms with E-state index >= 15 is 0 Å². The first kappa shape index (κ1) is 14.3. The topological polar surface area (TPSA) is 32.3 Å². The van der Waals surface area contributed by atoms with Gasteiger partial charge >= 0.3 is 0 Å². The fraction of sp³-hybridized carbons (Fsp3) is 0.368. The second-order valence-electron chi connectivity index (χ2n) is 6.71. The second-order valence-corrected chi connectivity index (χ2v) is 6.71. The summed E-state index contributed by atoms with van der Waals surface area (Å²) in [5, 5.41) is 13.1. The summed E-state index contributed by atoms with van der Waals surface area (Å²) in [7, 11) is 0. The van der Waals surface area contributed by atoms with Crippen molar-refractivity contribution in [2.75, 3.05) is 13.2 Å². The van der Waals surface area contributed by atoms with Crippen molar-refractivity contribution in [1.82, 2.24) is 5.32 Å². The number of hydrogen-bond acceptors (Lipinski definition) is 2. The number of rotatable bonds is 4. The molecule has 0 aromatic heterocycles. The zero-order chi connectivity index (χ0) is 14.9. The Hall–Kier alpha value is -1.64. The molecule has 2 nitrogen and oxygen atoms in total. The third-order valence-corrected chi connectivity index (χ3v) is 4.33. The van der Waals surface area contributed by atoms with Gasteiger partial charge in [-0.05, 0) is 28.7 Å². The molecule has 110 valence electrons. The molecular weight excluding hydrogens is 258 g/mol. The summed E-state index contributed by atoms with van der Waals surface area (Å²) in [4.78, 5) is 0. The summed E-state index contributed by atoms with van der Waals surface area (Å²) < 4.78 is 0. The zero-order valence-corrected chi connectivity index (χ0v) is 12.8. The Labute approximate surface area is 126 Å². The van der Waals surface area contributed by atoms with E-state index < -0.39 is 0 Å². The number of aliphatic hydroxyl groups is 1. The van der Waals surface area contributed by atoms with Crippen LogP contribution in [0.15, 0.2) is 48.5 Å². The molecule has 0 heterocycles. The van der Waals surface area contributed by atoms with Crippen LogP contribution in [0.4, 0.5) is 0 Å². The predicted molar refractivity (Wildman–Crippen MR) is 86.4 cm³/mol. The Morgan fingerprint density at radius 3 is 2.05 bits per heavy atom. The molecule has 2 heteroatoms. The van der Waals surface area contributed by atoms with Crippen LogP contribution in [0.2, 0.25) is 0 Å². The van der Waals surface area contributed by atoms with Crippen LogP contribution in [0, 0.1) is 5.41 Å². The molecule has 0 unspecified atom stereocenters. The van der Waals surface area contributed by atoms with Crippen LogP contribution in [0.5, 0.6) is 0 Å². The number of nitrogens with one attached hydrogen (secondary N) is 1. The quantitative estimate of drug-likeness (QED) is 0.901. The zero-order valence-electron chi connectivity index (χ0n) is 12.8. The average molecular weight is 281 g/mol. The molecule has 3 rings (SSSR count). The van der Waals surface area contributed by atoms with Gasteiger partial charge in [0.1, 0.15) is 0 Å². The molecule has 0 bridgehead atoms. The molecule has 0 atom stereocenters. The Morgan fingerprint density at radius 2 is 1.52 bits per heavy atom. The number of fused-ring (bicyclic) bond motifs is 2. The molecule has 2 aromatic carbocycles. The maximum atomic E-state index is 9.47. The molecular formula is C19H23NO. The van der Waals surface area contributed by atoms with Gasteiger partial charge in [-0.1, -0.05) is 62.4 Å². The van der Waals surface area contributed by atoms with Crippen molar-refractivity contribution in [2.45, 2.75) is 26.3 Å². The monoisotopic (exact) mass is 281 g/mol. The molecule has 0 fully saturated rings. The average Bonchev–Trinajstić information content (AvgIpc) is 2.51. The van der Waals surface area contributed by atoms with E-state index in [0.29, 0.717) is 0 Å². The van der Waals surface area contributed by atoms with Crippen molar-refractivity contribution in [3.63, 3.8) is 0 Å². The van der Waals surface area contributed by atoms with Crippen LogP contribution in [0.3, 0.4) is 0 Å². The lowest BCUT2D eigenvalue weighted by atomic mass is 9.82. The van der Waals surface area contributed by atoms with Crippen molar-refractivity contribution < 1.29 is 5.11 Å². The highest BCUT2D eigenvalue weighted by molar-refractivity contribution is 5.48. The summed E-state index contributed by atoms with van der Waals surface area (Å²) in [6.45, 7) is 5.15. The number of aliphatic hydroxyl groups excluding tert-OH is 1. The lowest BCUT2D eigenvalue weighted by Gasteiger charge is -2.32. The van der Waals surface area contributed by atoms with Crippen LogP contribution < -0.4 is 5.32 Å². The van der Waals surface area contributed by atoms with Gasteiger partial charge in [-0.2, -0.15) is 0 Å². The van der Waals surface area contributed by atoms with Crippen LogP contribution in [0.25, 0.3) is 0 Å². The third-order valence-electron chi connectivity index (χ3n) is 4.33. The van der Waals surface area contributed by atoms with Crippen molar-refractivity contribution in [3.05, 3.63) is 70.8 Å². The van der Waals surface area contributed by atoms with Gasteiger partial charge in [0.15, 0.2) is 0 Å². The van der Waals surface area contributed by atoms with E-state index in [1.807, 2.05) is 0 Å². The Balaban J connectivity index is 1.95. The first-order valence-corrected chi connectivity index (χ1v) is 7.60. The van der Waals surface area contributed by atoms with Crippen LogP contribution in [-0.2, 0) is 6.42 Å². The normalized spacial score (nSPS) is 14.6. The summed E-state index contributed by atoms with van der Waals surface area (Å²) in [6, 6.07) is 17.5. The maximum absolute atomic E-state index is 9.47. The highest BCUT2D eigenvalue weighted by atomic mass is 16.3. The lowest BCUT2D eigenvalue weighted by Crippen LogP contribution is -2.36. The lowest BCUT2D eigenvalue weighted by molar-refractivity contribution is 0.154. The molecule has 0 saturated heterocycles. The van der Waals surface area contributed by atoms with Gasteiger partial charge in [0, 0.05) is 18.6 Å². The summed E-state index contributed by atoms with van der Waals surface area (Å²) in [5.41, 5.74) is 5.42. The van der Waals surface area contributed by atoms with Crippen molar-refractivity contribution in [3.8, 4) is 0 Å². The molecule has 0 amide bonds. The minimum Gasteiger partial charge on any atom is -0.396 e. The van der Waals surface area contributed by atoms with Gasteiger partial charge in [-0.15, -0.1) is 0 Å². The van der Waals surface area contributed by atoms with Gasteiger partial charge in [0.25, 0.3) is 0 Å². The van der Waals surface area contributed by atoms with E-state index in [9.17, 15) is 5.11 Å². The molecule has 21 heavy (non-hydrogen) atoms. The van der Waals surface area contributed by atoms with Gasteiger partial charge < -0.3 is 10.4 Å². The first-order chi connectivity index (χ1) is 10.1. The smallest absolute Gasteiger partial charge is 0.0582 e. The highest BCUT2D eigenvalue weighted by Crippen LogP contribution is 2.35. The van der Waals surface area contributed by atoms with E-state index in [4.69, 9.17) is 0 Å². The molecule has 0 saturated carbocycles. The van der Waals surface area contributed by atoms with Crippen LogP contribution in [-0.4, -0.2) is 18.3 Å². The molecule has 0 aliphatic heterocycles. The molecule has 1 aliphatic rings. The molecule has 0 radical (unpaired) electrons. The SMILES string of the molecule is CC(C)(CO)CNC1c2ccccc2Cc2ccccc21. The van der Waals surface area contributed by atoms with E-state index in [2.05, 4.69) is 67.7 Å². The Kier molecular flexibility index (Phi) is 3.83. The van der Waals surface area contributed by atoms with Crippen molar-refractivity contribution >= 4 is 0 Å². The van der Waals surface area contributed by atoms with E-state index in [-0.39, 0.29) is 18.1 Å². The molecule has 2 aromatic rings. The van der Waals surface area contributed by atoms with Gasteiger partial charge in [0.05, 0.1) is 6.04 Å². The summed E-state index contributed by atoms with van der Waals surface area (Å²) >= 11 is 0. The fourth-order valence-corrected chi connectivity index (χ4v) is 2.98. The highest BCUT2D eigenvalue weighted by Gasteiger charge is 2.26. The van der Waals surface area contributed by atoms with Crippen LogP contribution in [0.1, 0.15) is 42.1 Å². The standard InChI is InChI=1S/C19H23NO/c1-19(2,13-21)12-20-18-16-9-5-3-7-14(16)11-15-8-4-6-10-17(15)18/h3-10,18,20-21H,11-13H2,1-2H3. The van der Waals surface area contributed by atoms with Gasteiger partial charge in [-0.25, -0.2) is 0 Å². The van der Waals surface area contributed by atoms with Gasteiger partial charge in [0.2, 0.25) is 0 Å². The van der Waals surface area contributed by atoms with Crippen molar-refractivity contribution in [2.24, 2.45) is 5.41 Å². The van der Waals surface area contributed by atoms with E-state index in [0.717, 1.165) is 13.0 Å². The minimum absolute atomic E-state index is 0.110. The summed E-state index contributed by atoms with van der Waals surface area (Å²) in [6.07, 6.45) is 1.01. The minimum atomic E-state index is -0.110. The van der Waals surface area contributed by atoms with Gasteiger partial charge in [-0.3, -0.25) is 0 Å². The molecule has 1 aliphatic carbocycles. The first-order valence-electron chi connectivity index (χ1n) is 7.60. The predicted octanol–water partition coefficient (Wildman–Crippen LogP) is 3.29. The summed E-state index contributed by atoms with van der Waals surface area (Å²) in [5.74, 6) is 0. The fourth-order valence-electron chi connectivity index (χ4n) is 2.98. The van der Waals surface area contributed by atoms with E-state index in [1.165, 1.54) is 22.3 Å². The molecule has 0 spiro atoms. The molecule has 2 N–H and O–H groups in total. The van der Waals surface area contributed by atoms with Crippen molar-refractivity contribution in [1.29, 1.82) is 0 Å². The number of hydrogen-bond donors (Lipinski definition) is 2. The van der Waals surface area contributed by atoms with E-state index in [1.54, 1.807) is 0 Å². The Morgan fingerprint density at radius 1 is 1.00 bits per heavy atom. The largest absolute Gasteiger partial charge is 0.396 e. The number of benzene rings is 2. The third kappa shape index (κ3) is 2.87. The second kappa shape index (κ2) is 5.63.